The number of anilines is 1. The molecule has 0 saturated carbocycles. The molecule has 0 N–H and O–H groups in total. The van der Waals surface area contributed by atoms with Crippen molar-refractivity contribution in [3.8, 4) is 11.4 Å². The standard InChI is InChI=1S/C23H27N5O2/c1-15(2)22-25-21(26-30-22)19-7-8-20(24-14-19)27-9-11-28(12-10-27)23(29)18-6-5-16(3)17(4)13-18/h5-8,13-15H,9-12H2,1-4H3. The van der Waals surface area contributed by atoms with Gasteiger partial charge in [-0.15, -0.1) is 0 Å². The Morgan fingerprint density at radius 3 is 2.40 bits per heavy atom. The van der Waals surface area contributed by atoms with Crippen LogP contribution in [-0.4, -0.2) is 52.1 Å². The number of hydrogen-bond acceptors (Lipinski definition) is 6. The lowest BCUT2D eigenvalue weighted by Gasteiger charge is -2.35. The molecule has 1 saturated heterocycles. The SMILES string of the molecule is Cc1ccc(C(=O)N2CCN(c3ccc(-c4noc(C(C)C)n4)cn3)CC2)cc1C. The fourth-order valence-corrected chi connectivity index (χ4v) is 3.49. The predicted molar refractivity (Wildman–Crippen MR) is 116 cm³/mol. The van der Waals surface area contributed by atoms with Gasteiger partial charge in [-0.25, -0.2) is 4.98 Å². The average Bonchev–Trinajstić information content (AvgIpc) is 3.26. The normalized spacial score (nSPS) is 14.4. The molecule has 3 aromatic rings. The van der Waals surface area contributed by atoms with Gasteiger partial charge in [-0.05, 0) is 49.2 Å². The second-order valence-corrected chi connectivity index (χ2v) is 8.09. The topological polar surface area (TPSA) is 75.4 Å². The van der Waals surface area contributed by atoms with Crippen molar-refractivity contribution >= 4 is 11.7 Å². The average molecular weight is 406 g/mol. The van der Waals surface area contributed by atoms with E-state index in [2.05, 4.69) is 26.9 Å². The molecule has 1 aliphatic heterocycles. The van der Waals surface area contributed by atoms with Gasteiger partial charge in [-0.2, -0.15) is 4.98 Å². The summed E-state index contributed by atoms with van der Waals surface area (Å²) in [4.78, 5) is 25.9. The van der Waals surface area contributed by atoms with Gasteiger partial charge < -0.3 is 14.3 Å². The summed E-state index contributed by atoms with van der Waals surface area (Å²) in [7, 11) is 0. The predicted octanol–water partition coefficient (Wildman–Crippen LogP) is 3.83. The maximum absolute atomic E-state index is 12.8. The molecule has 7 heteroatoms. The Kier molecular flexibility index (Phi) is 5.53. The Balaban J connectivity index is 1.39. The second-order valence-electron chi connectivity index (χ2n) is 8.09. The van der Waals surface area contributed by atoms with E-state index in [1.807, 2.05) is 56.0 Å². The summed E-state index contributed by atoms with van der Waals surface area (Å²) in [5.41, 5.74) is 3.94. The van der Waals surface area contributed by atoms with Crippen LogP contribution >= 0.6 is 0 Å². The molecular formula is C23H27N5O2. The summed E-state index contributed by atoms with van der Waals surface area (Å²) in [5.74, 6) is 2.37. The lowest BCUT2D eigenvalue weighted by molar-refractivity contribution is 0.0746. The zero-order chi connectivity index (χ0) is 21.3. The Morgan fingerprint density at radius 2 is 1.80 bits per heavy atom. The number of piperazine rings is 1. The number of nitrogens with zero attached hydrogens (tertiary/aromatic N) is 5. The summed E-state index contributed by atoms with van der Waals surface area (Å²) in [5, 5.41) is 4.04. The van der Waals surface area contributed by atoms with Crippen LogP contribution in [0.1, 0.15) is 47.1 Å². The van der Waals surface area contributed by atoms with Crippen molar-refractivity contribution in [3.05, 3.63) is 59.1 Å². The summed E-state index contributed by atoms with van der Waals surface area (Å²) in [6.07, 6.45) is 1.77. The number of carbonyl (C=O) groups is 1. The maximum atomic E-state index is 12.8. The van der Waals surface area contributed by atoms with Crippen LogP contribution < -0.4 is 4.90 Å². The van der Waals surface area contributed by atoms with E-state index in [-0.39, 0.29) is 11.8 Å². The van der Waals surface area contributed by atoms with E-state index in [4.69, 9.17) is 4.52 Å². The minimum absolute atomic E-state index is 0.0964. The molecule has 7 nitrogen and oxygen atoms in total. The van der Waals surface area contributed by atoms with Gasteiger partial charge in [-0.1, -0.05) is 25.1 Å². The molecule has 0 radical (unpaired) electrons. The third-order valence-electron chi connectivity index (χ3n) is 5.59. The number of aromatic nitrogens is 3. The number of aryl methyl sites for hydroxylation is 2. The second kappa shape index (κ2) is 8.26. The molecule has 30 heavy (non-hydrogen) atoms. The van der Waals surface area contributed by atoms with E-state index in [1.165, 1.54) is 5.56 Å². The van der Waals surface area contributed by atoms with E-state index in [0.29, 0.717) is 24.8 Å². The fraction of sp³-hybridized carbons (Fsp3) is 0.391. The summed E-state index contributed by atoms with van der Waals surface area (Å²) in [6, 6.07) is 9.84. The van der Waals surface area contributed by atoms with Crippen LogP contribution in [0.5, 0.6) is 0 Å². The van der Waals surface area contributed by atoms with Gasteiger partial charge in [0, 0.05) is 49.4 Å². The highest BCUT2D eigenvalue weighted by atomic mass is 16.5. The van der Waals surface area contributed by atoms with Crippen LogP contribution in [-0.2, 0) is 0 Å². The van der Waals surface area contributed by atoms with E-state index < -0.39 is 0 Å². The molecule has 0 unspecified atom stereocenters. The number of benzene rings is 1. The fourth-order valence-electron chi connectivity index (χ4n) is 3.49. The van der Waals surface area contributed by atoms with Gasteiger partial charge in [0.2, 0.25) is 11.7 Å². The lowest BCUT2D eigenvalue weighted by atomic mass is 10.1. The molecule has 4 rings (SSSR count). The molecule has 156 valence electrons. The molecule has 3 heterocycles. The first kappa shape index (κ1) is 20.1. The summed E-state index contributed by atoms with van der Waals surface area (Å²) in [6.45, 7) is 11.0. The van der Waals surface area contributed by atoms with Gasteiger partial charge in [0.05, 0.1) is 0 Å². The zero-order valence-electron chi connectivity index (χ0n) is 17.9. The van der Waals surface area contributed by atoms with Gasteiger partial charge in [0.1, 0.15) is 5.82 Å². The van der Waals surface area contributed by atoms with Crippen molar-refractivity contribution in [2.45, 2.75) is 33.6 Å². The van der Waals surface area contributed by atoms with Crippen LogP contribution in [0.3, 0.4) is 0 Å². The Hall–Kier alpha value is -3.22. The van der Waals surface area contributed by atoms with Crippen molar-refractivity contribution in [1.29, 1.82) is 0 Å². The largest absolute Gasteiger partial charge is 0.353 e. The first-order valence-electron chi connectivity index (χ1n) is 10.3. The van der Waals surface area contributed by atoms with E-state index >= 15 is 0 Å². The number of rotatable bonds is 4. The Morgan fingerprint density at radius 1 is 1.03 bits per heavy atom. The Bertz CT molecular complexity index is 1030. The third kappa shape index (κ3) is 4.06. The molecule has 1 fully saturated rings. The van der Waals surface area contributed by atoms with Crippen molar-refractivity contribution in [1.82, 2.24) is 20.0 Å². The van der Waals surface area contributed by atoms with E-state index in [9.17, 15) is 4.79 Å². The highest BCUT2D eigenvalue weighted by Crippen LogP contribution is 2.22. The van der Waals surface area contributed by atoms with Gasteiger partial charge >= 0.3 is 0 Å². The van der Waals surface area contributed by atoms with E-state index in [1.54, 1.807) is 6.20 Å². The molecule has 0 atom stereocenters. The van der Waals surface area contributed by atoms with E-state index in [0.717, 1.165) is 35.6 Å². The highest BCUT2D eigenvalue weighted by Gasteiger charge is 2.23. The van der Waals surface area contributed by atoms with Crippen molar-refractivity contribution in [2.24, 2.45) is 0 Å². The van der Waals surface area contributed by atoms with Crippen molar-refractivity contribution in [2.75, 3.05) is 31.1 Å². The van der Waals surface area contributed by atoms with Gasteiger partial charge in [-0.3, -0.25) is 4.79 Å². The van der Waals surface area contributed by atoms with Crippen LogP contribution in [0.4, 0.5) is 5.82 Å². The first-order valence-corrected chi connectivity index (χ1v) is 10.3. The lowest BCUT2D eigenvalue weighted by Crippen LogP contribution is -2.49. The minimum atomic E-state index is 0.0964. The van der Waals surface area contributed by atoms with Crippen LogP contribution in [0.15, 0.2) is 41.1 Å². The first-order chi connectivity index (χ1) is 14.4. The van der Waals surface area contributed by atoms with Gasteiger partial charge in [0.25, 0.3) is 5.91 Å². The van der Waals surface area contributed by atoms with Crippen molar-refractivity contribution < 1.29 is 9.32 Å². The summed E-state index contributed by atoms with van der Waals surface area (Å²) >= 11 is 0. The molecule has 1 amide bonds. The number of pyridine rings is 1. The van der Waals surface area contributed by atoms with Gasteiger partial charge in [0.15, 0.2) is 0 Å². The number of amides is 1. The molecule has 1 aliphatic rings. The monoisotopic (exact) mass is 405 g/mol. The number of hydrogen-bond donors (Lipinski definition) is 0. The number of carbonyl (C=O) groups excluding carboxylic acids is 1. The molecule has 0 bridgehead atoms. The molecular weight excluding hydrogens is 378 g/mol. The van der Waals surface area contributed by atoms with Crippen LogP contribution in [0, 0.1) is 13.8 Å². The van der Waals surface area contributed by atoms with Crippen LogP contribution in [0.2, 0.25) is 0 Å². The maximum Gasteiger partial charge on any atom is 0.253 e. The molecule has 2 aromatic heterocycles. The van der Waals surface area contributed by atoms with Crippen molar-refractivity contribution in [3.63, 3.8) is 0 Å². The minimum Gasteiger partial charge on any atom is -0.353 e. The Labute approximate surface area is 176 Å². The zero-order valence-corrected chi connectivity index (χ0v) is 17.9. The summed E-state index contributed by atoms with van der Waals surface area (Å²) < 4.78 is 5.27. The third-order valence-corrected chi connectivity index (χ3v) is 5.59. The highest BCUT2D eigenvalue weighted by molar-refractivity contribution is 5.94. The quantitative estimate of drug-likeness (QED) is 0.657. The molecule has 0 spiro atoms. The molecule has 1 aromatic carbocycles. The molecule has 0 aliphatic carbocycles. The van der Waals surface area contributed by atoms with Crippen LogP contribution in [0.25, 0.3) is 11.4 Å². The smallest absolute Gasteiger partial charge is 0.253 e.